The van der Waals surface area contributed by atoms with Crippen molar-refractivity contribution in [1.29, 1.82) is 0 Å². The van der Waals surface area contributed by atoms with E-state index in [2.05, 4.69) is 15.9 Å². The van der Waals surface area contributed by atoms with Gasteiger partial charge in [-0.15, -0.1) is 0 Å². The van der Waals surface area contributed by atoms with Gasteiger partial charge in [-0.2, -0.15) is 4.31 Å². The molecule has 0 aromatic heterocycles. The van der Waals surface area contributed by atoms with E-state index in [1.165, 1.54) is 4.31 Å². The lowest BCUT2D eigenvalue weighted by Crippen LogP contribution is -2.48. The molecule has 1 amide bonds. The lowest BCUT2D eigenvalue weighted by atomic mass is 10.2. The van der Waals surface area contributed by atoms with Crippen LogP contribution in [0.15, 0.2) is 27.6 Å². The Bertz CT molecular complexity index is 581. The van der Waals surface area contributed by atoms with Gasteiger partial charge in [0.05, 0.1) is 4.90 Å². The summed E-state index contributed by atoms with van der Waals surface area (Å²) in [5, 5.41) is 0. The molecule has 1 saturated heterocycles. The molecular weight excluding hydrogens is 332 g/mol. The molecule has 1 heterocycles. The predicted molar refractivity (Wildman–Crippen MR) is 75.3 cm³/mol. The van der Waals surface area contributed by atoms with E-state index >= 15 is 0 Å². The molecule has 7 heteroatoms. The highest BCUT2D eigenvalue weighted by molar-refractivity contribution is 9.10. The van der Waals surface area contributed by atoms with Crippen LogP contribution in [0.5, 0.6) is 0 Å². The van der Waals surface area contributed by atoms with Crippen molar-refractivity contribution in [2.24, 2.45) is 0 Å². The minimum Gasteiger partial charge on any atom is -0.343 e. The molecule has 0 spiro atoms. The Morgan fingerprint density at radius 1 is 1.21 bits per heavy atom. The van der Waals surface area contributed by atoms with E-state index in [0.717, 1.165) is 16.4 Å². The van der Waals surface area contributed by atoms with Crippen LogP contribution in [0.25, 0.3) is 0 Å². The van der Waals surface area contributed by atoms with Crippen molar-refractivity contribution in [3.8, 4) is 0 Å². The van der Waals surface area contributed by atoms with Gasteiger partial charge in [-0.05, 0) is 24.6 Å². The molecule has 0 aliphatic carbocycles. The summed E-state index contributed by atoms with van der Waals surface area (Å²) in [6.45, 7) is 3.34. The number of halogens is 1. The van der Waals surface area contributed by atoms with E-state index < -0.39 is 10.0 Å². The second-order valence-corrected chi connectivity index (χ2v) is 7.28. The van der Waals surface area contributed by atoms with E-state index in [4.69, 9.17) is 0 Å². The Morgan fingerprint density at radius 3 is 2.42 bits per heavy atom. The van der Waals surface area contributed by atoms with Crippen LogP contribution >= 0.6 is 15.9 Å². The predicted octanol–water partition coefficient (Wildman–Crippen LogP) is 1.22. The third kappa shape index (κ3) is 2.98. The van der Waals surface area contributed by atoms with Crippen LogP contribution in [0.4, 0.5) is 0 Å². The summed E-state index contributed by atoms with van der Waals surface area (Å²) in [7, 11) is -3.49. The topological polar surface area (TPSA) is 57.7 Å². The maximum absolute atomic E-state index is 12.6. The maximum atomic E-state index is 12.6. The van der Waals surface area contributed by atoms with Crippen LogP contribution < -0.4 is 0 Å². The van der Waals surface area contributed by atoms with Crippen molar-refractivity contribution >= 4 is 32.4 Å². The molecule has 1 aromatic carbocycles. The van der Waals surface area contributed by atoms with Gasteiger partial charge in [0, 0.05) is 30.7 Å². The zero-order valence-electron chi connectivity index (χ0n) is 10.5. The number of hydrogen-bond donors (Lipinski definition) is 0. The third-order valence-electron chi connectivity index (χ3n) is 3.19. The van der Waals surface area contributed by atoms with Crippen molar-refractivity contribution in [3.05, 3.63) is 28.2 Å². The normalized spacial score (nSPS) is 17.5. The Balaban J connectivity index is 2.28. The Labute approximate surface area is 121 Å². The minimum atomic E-state index is -3.49. The lowest BCUT2D eigenvalue weighted by molar-refractivity contribution is -0.119. The second-order valence-electron chi connectivity index (χ2n) is 4.46. The van der Waals surface area contributed by atoms with Gasteiger partial charge in [-0.25, -0.2) is 8.42 Å². The van der Waals surface area contributed by atoms with Crippen molar-refractivity contribution in [1.82, 2.24) is 9.21 Å². The highest BCUT2D eigenvalue weighted by atomic mass is 79.9. The summed E-state index contributed by atoms with van der Waals surface area (Å²) in [6, 6.07) is 5.22. The van der Waals surface area contributed by atoms with Crippen LogP contribution in [-0.2, 0) is 14.8 Å². The Morgan fingerprint density at radius 2 is 1.84 bits per heavy atom. The van der Waals surface area contributed by atoms with E-state index in [0.29, 0.717) is 31.1 Å². The van der Waals surface area contributed by atoms with Gasteiger partial charge in [-0.3, -0.25) is 4.79 Å². The molecule has 19 heavy (non-hydrogen) atoms. The fourth-order valence-electron chi connectivity index (χ4n) is 2.04. The van der Waals surface area contributed by atoms with E-state index in [9.17, 15) is 13.2 Å². The fraction of sp³-hybridized carbons (Fsp3) is 0.417. The van der Waals surface area contributed by atoms with Crippen LogP contribution in [0.3, 0.4) is 0 Å². The molecule has 0 bridgehead atoms. The Hall–Kier alpha value is -0.920. The zero-order chi connectivity index (χ0) is 14.0. The number of benzene rings is 1. The molecule has 104 valence electrons. The number of nitrogens with zero attached hydrogens (tertiary/aromatic N) is 2. The average molecular weight is 347 g/mol. The van der Waals surface area contributed by atoms with Gasteiger partial charge in [0.25, 0.3) is 0 Å². The molecule has 0 unspecified atom stereocenters. The van der Waals surface area contributed by atoms with Gasteiger partial charge in [0.2, 0.25) is 16.4 Å². The molecule has 1 aliphatic rings. The molecule has 0 radical (unpaired) electrons. The smallest absolute Gasteiger partial charge is 0.243 e. The van der Waals surface area contributed by atoms with E-state index in [-0.39, 0.29) is 0 Å². The van der Waals surface area contributed by atoms with E-state index in [1.54, 1.807) is 24.0 Å². The van der Waals surface area contributed by atoms with Gasteiger partial charge in [0.15, 0.2) is 0 Å². The first kappa shape index (κ1) is 14.5. The van der Waals surface area contributed by atoms with E-state index in [1.807, 2.05) is 6.07 Å². The number of amides is 1. The molecule has 5 nitrogen and oxygen atoms in total. The monoisotopic (exact) mass is 346 g/mol. The quantitative estimate of drug-likeness (QED) is 0.773. The highest BCUT2D eigenvalue weighted by Crippen LogP contribution is 2.24. The number of sulfonamides is 1. The van der Waals surface area contributed by atoms with Gasteiger partial charge in [-0.1, -0.05) is 22.0 Å². The second kappa shape index (κ2) is 5.60. The summed E-state index contributed by atoms with van der Waals surface area (Å²) >= 11 is 3.30. The summed E-state index contributed by atoms with van der Waals surface area (Å²) in [5.41, 5.74) is 0.723. The first-order valence-corrected chi connectivity index (χ1v) is 8.14. The van der Waals surface area contributed by atoms with Crippen LogP contribution in [0.1, 0.15) is 5.56 Å². The average Bonchev–Trinajstić information content (AvgIpc) is 2.41. The number of carbonyl (C=O) groups is 1. The number of rotatable bonds is 3. The van der Waals surface area contributed by atoms with Crippen molar-refractivity contribution in [2.75, 3.05) is 26.2 Å². The number of aryl methyl sites for hydroxylation is 1. The maximum Gasteiger partial charge on any atom is 0.243 e. The first-order valence-electron chi connectivity index (χ1n) is 5.91. The summed E-state index contributed by atoms with van der Waals surface area (Å²) in [6.07, 6.45) is 0.758. The summed E-state index contributed by atoms with van der Waals surface area (Å²) in [4.78, 5) is 12.5. The molecule has 1 fully saturated rings. The lowest BCUT2D eigenvalue weighted by Gasteiger charge is -2.32. The van der Waals surface area contributed by atoms with Crippen molar-refractivity contribution < 1.29 is 13.2 Å². The van der Waals surface area contributed by atoms with Crippen LogP contribution in [0.2, 0.25) is 0 Å². The third-order valence-corrected chi connectivity index (χ3v) is 5.72. The molecule has 2 rings (SSSR count). The summed E-state index contributed by atoms with van der Waals surface area (Å²) < 4.78 is 27.3. The SMILES string of the molecule is Cc1ccc(Br)cc1S(=O)(=O)N1CCN(C=O)CC1. The number of hydrogen-bond acceptors (Lipinski definition) is 3. The van der Waals surface area contributed by atoms with Crippen LogP contribution in [-0.4, -0.2) is 50.2 Å². The van der Waals surface area contributed by atoms with Crippen LogP contribution in [0, 0.1) is 6.92 Å². The molecular formula is C12H15BrN2O3S. The van der Waals surface area contributed by atoms with Crippen molar-refractivity contribution in [3.63, 3.8) is 0 Å². The fourth-order valence-corrected chi connectivity index (χ4v) is 4.23. The highest BCUT2D eigenvalue weighted by Gasteiger charge is 2.29. The van der Waals surface area contributed by atoms with Gasteiger partial charge >= 0.3 is 0 Å². The molecule has 1 aliphatic heterocycles. The number of piperazine rings is 1. The molecule has 1 aromatic rings. The largest absolute Gasteiger partial charge is 0.343 e. The molecule has 0 N–H and O–H groups in total. The zero-order valence-corrected chi connectivity index (χ0v) is 12.9. The standard InChI is InChI=1S/C12H15BrN2O3S/c1-10-2-3-11(13)8-12(10)19(17,18)15-6-4-14(9-16)5-7-15/h2-3,8-9H,4-7H2,1H3. The van der Waals surface area contributed by atoms with Crippen molar-refractivity contribution in [2.45, 2.75) is 11.8 Å². The molecule has 0 atom stereocenters. The number of carbonyl (C=O) groups excluding carboxylic acids is 1. The Kier molecular flexibility index (Phi) is 4.27. The van der Waals surface area contributed by atoms with Gasteiger partial charge < -0.3 is 4.90 Å². The first-order chi connectivity index (χ1) is 8.95. The van der Waals surface area contributed by atoms with Gasteiger partial charge in [0.1, 0.15) is 0 Å². The minimum absolute atomic E-state index is 0.321. The molecule has 0 saturated carbocycles. The summed E-state index contributed by atoms with van der Waals surface area (Å²) in [5.74, 6) is 0.